The third kappa shape index (κ3) is 4.34. The summed E-state index contributed by atoms with van der Waals surface area (Å²) in [7, 11) is 1.80. The first kappa shape index (κ1) is 18.6. The molecule has 0 aliphatic heterocycles. The van der Waals surface area contributed by atoms with E-state index in [1.807, 2.05) is 63.2 Å². The molecule has 0 spiro atoms. The van der Waals surface area contributed by atoms with Gasteiger partial charge in [0.2, 0.25) is 0 Å². The molecular weight excluding hydrogens is 340 g/mol. The predicted molar refractivity (Wildman–Crippen MR) is 104 cm³/mol. The third-order valence-electron chi connectivity index (χ3n) is 4.71. The van der Waals surface area contributed by atoms with Crippen LogP contribution in [0.25, 0.3) is 5.69 Å². The normalized spacial score (nSPS) is 11.9. The van der Waals surface area contributed by atoms with Crippen molar-refractivity contribution >= 4 is 5.91 Å². The molecule has 3 aromatic rings. The molecule has 1 unspecified atom stereocenters. The minimum Gasteiger partial charge on any atom is -0.484 e. The van der Waals surface area contributed by atoms with Crippen LogP contribution in [0.5, 0.6) is 5.75 Å². The summed E-state index contributed by atoms with van der Waals surface area (Å²) in [4.78, 5) is 18.2. The van der Waals surface area contributed by atoms with Crippen LogP contribution in [0.2, 0.25) is 0 Å². The summed E-state index contributed by atoms with van der Waals surface area (Å²) < 4.78 is 7.41. The Labute approximate surface area is 159 Å². The minimum absolute atomic E-state index is 0.0157. The van der Waals surface area contributed by atoms with Gasteiger partial charge in [-0.25, -0.2) is 9.67 Å². The topological polar surface area (TPSA) is 60.2 Å². The van der Waals surface area contributed by atoms with Crippen molar-refractivity contribution in [3.63, 3.8) is 0 Å². The summed E-state index contributed by atoms with van der Waals surface area (Å²) in [6.07, 6.45) is 3.15. The number of likely N-dealkylation sites (N-methyl/N-ethyl adjacent to an activating group) is 1. The second-order valence-electron chi connectivity index (χ2n) is 6.67. The van der Waals surface area contributed by atoms with Crippen LogP contribution in [-0.2, 0) is 4.79 Å². The molecule has 0 aliphatic rings. The summed E-state index contributed by atoms with van der Waals surface area (Å²) in [5.41, 5.74) is 4.17. The number of carbonyl (C=O) groups excluding carboxylic acids is 1. The van der Waals surface area contributed by atoms with Crippen LogP contribution in [0.15, 0.2) is 55.1 Å². The van der Waals surface area contributed by atoms with Crippen molar-refractivity contribution in [1.29, 1.82) is 0 Å². The maximum atomic E-state index is 12.5. The lowest BCUT2D eigenvalue weighted by Gasteiger charge is -2.25. The van der Waals surface area contributed by atoms with E-state index >= 15 is 0 Å². The van der Waals surface area contributed by atoms with E-state index in [2.05, 4.69) is 10.1 Å². The number of hydrogen-bond acceptors (Lipinski definition) is 4. The zero-order valence-electron chi connectivity index (χ0n) is 16.1. The fourth-order valence-electron chi connectivity index (χ4n) is 2.89. The Bertz CT molecular complexity index is 904. The van der Waals surface area contributed by atoms with Crippen LogP contribution >= 0.6 is 0 Å². The number of amides is 1. The zero-order chi connectivity index (χ0) is 19.4. The quantitative estimate of drug-likeness (QED) is 0.672. The molecule has 6 nitrogen and oxygen atoms in total. The fraction of sp³-hybridized carbons (Fsp3) is 0.286. The van der Waals surface area contributed by atoms with Crippen LogP contribution in [0.1, 0.15) is 29.7 Å². The van der Waals surface area contributed by atoms with E-state index in [1.54, 1.807) is 23.0 Å². The van der Waals surface area contributed by atoms with E-state index < -0.39 is 0 Å². The van der Waals surface area contributed by atoms with E-state index in [0.29, 0.717) is 0 Å². The molecule has 0 saturated heterocycles. The van der Waals surface area contributed by atoms with Gasteiger partial charge >= 0.3 is 0 Å². The summed E-state index contributed by atoms with van der Waals surface area (Å²) in [6, 6.07) is 13.8. The van der Waals surface area contributed by atoms with Crippen LogP contribution in [0.3, 0.4) is 0 Å². The van der Waals surface area contributed by atoms with Gasteiger partial charge in [-0.05, 0) is 50.1 Å². The first-order valence-corrected chi connectivity index (χ1v) is 8.86. The number of hydrogen-bond donors (Lipinski definition) is 0. The van der Waals surface area contributed by atoms with E-state index in [-0.39, 0.29) is 18.6 Å². The van der Waals surface area contributed by atoms with E-state index in [4.69, 9.17) is 4.74 Å². The van der Waals surface area contributed by atoms with E-state index in [0.717, 1.165) is 22.6 Å². The molecule has 3 rings (SSSR count). The van der Waals surface area contributed by atoms with Gasteiger partial charge in [-0.3, -0.25) is 4.79 Å². The lowest BCUT2D eigenvalue weighted by atomic mass is 10.1. The SMILES string of the molecule is Cc1ccc(OCC(=O)N(C)C(C)c2ccc(-n3cncn3)cc2)c(C)c1. The fourth-order valence-corrected chi connectivity index (χ4v) is 2.89. The molecule has 6 heteroatoms. The van der Waals surface area contributed by atoms with Gasteiger partial charge in [0, 0.05) is 7.05 Å². The highest BCUT2D eigenvalue weighted by atomic mass is 16.5. The number of aromatic nitrogens is 3. The van der Waals surface area contributed by atoms with Gasteiger partial charge in [0.25, 0.3) is 5.91 Å². The molecule has 140 valence electrons. The van der Waals surface area contributed by atoms with Crippen molar-refractivity contribution in [2.24, 2.45) is 0 Å². The monoisotopic (exact) mass is 364 g/mol. The van der Waals surface area contributed by atoms with Crippen molar-refractivity contribution in [3.05, 3.63) is 71.8 Å². The maximum Gasteiger partial charge on any atom is 0.260 e. The van der Waals surface area contributed by atoms with E-state index in [9.17, 15) is 4.79 Å². The molecular formula is C21H24N4O2. The van der Waals surface area contributed by atoms with Crippen LogP contribution < -0.4 is 4.74 Å². The minimum atomic E-state index is -0.0668. The molecule has 0 N–H and O–H groups in total. The largest absolute Gasteiger partial charge is 0.484 e. The molecule has 0 saturated carbocycles. The lowest BCUT2D eigenvalue weighted by molar-refractivity contribution is -0.134. The number of nitrogens with zero attached hydrogens (tertiary/aromatic N) is 4. The summed E-state index contributed by atoms with van der Waals surface area (Å²) in [5, 5.41) is 4.11. The first-order valence-electron chi connectivity index (χ1n) is 8.86. The van der Waals surface area contributed by atoms with Crippen LogP contribution in [0.4, 0.5) is 0 Å². The van der Waals surface area contributed by atoms with Crippen molar-refractivity contribution < 1.29 is 9.53 Å². The molecule has 27 heavy (non-hydrogen) atoms. The second-order valence-corrected chi connectivity index (χ2v) is 6.67. The second kappa shape index (κ2) is 8.03. The highest BCUT2D eigenvalue weighted by molar-refractivity contribution is 5.78. The third-order valence-corrected chi connectivity index (χ3v) is 4.71. The highest BCUT2D eigenvalue weighted by Crippen LogP contribution is 2.22. The summed E-state index contributed by atoms with van der Waals surface area (Å²) in [5.74, 6) is 0.676. The van der Waals surface area contributed by atoms with Gasteiger partial charge in [-0.2, -0.15) is 5.10 Å². The van der Waals surface area contributed by atoms with Gasteiger partial charge in [0.15, 0.2) is 6.61 Å². The Morgan fingerprint density at radius 2 is 1.93 bits per heavy atom. The molecule has 1 aromatic heterocycles. The Hall–Kier alpha value is -3.15. The molecule has 1 amide bonds. The van der Waals surface area contributed by atoms with Gasteiger partial charge in [0.05, 0.1) is 11.7 Å². The maximum absolute atomic E-state index is 12.5. The van der Waals surface area contributed by atoms with Crippen molar-refractivity contribution in [3.8, 4) is 11.4 Å². The van der Waals surface area contributed by atoms with Gasteiger partial charge in [-0.15, -0.1) is 0 Å². The smallest absolute Gasteiger partial charge is 0.260 e. The average Bonchev–Trinajstić information content (AvgIpc) is 3.21. The zero-order valence-corrected chi connectivity index (χ0v) is 16.1. The van der Waals surface area contributed by atoms with Crippen molar-refractivity contribution in [1.82, 2.24) is 19.7 Å². The number of aryl methyl sites for hydroxylation is 2. The Kier molecular flexibility index (Phi) is 5.54. The molecule has 0 aliphatic carbocycles. The number of carbonyl (C=O) groups is 1. The Morgan fingerprint density at radius 3 is 2.56 bits per heavy atom. The molecule has 0 fully saturated rings. The molecule has 1 heterocycles. The Morgan fingerprint density at radius 1 is 1.19 bits per heavy atom. The molecule has 0 radical (unpaired) electrons. The van der Waals surface area contributed by atoms with Crippen molar-refractivity contribution in [2.75, 3.05) is 13.7 Å². The average molecular weight is 364 g/mol. The number of rotatable bonds is 6. The molecule has 1 atom stereocenters. The molecule has 2 aromatic carbocycles. The summed E-state index contributed by atoms with van der Waals surface area (Å²) in [6.45, 7) is 6.03. The van der Waals surface area contributed by atoms with E-state index in [1.165, 1.54) is 11.9 Å². The summed E-state index contributed by atoms with van der Waals surface area (Å²) >= 11 is 0. The number of ether oxygens (including phenoxy) is 1. The standard InChI is InChI=1S/C21H24N4O2/c1-15-5-10-20(16(2)11-15)27-12-21(26)24(4)17(3)18-6-8-19(9-7-18)25-14-22-13-23-25/h5-11,13-14,17H,12H2,1-4H3. The highest BCUT2D eigenvalue weighted by Gasteiger charge is 2.18. The van der Waals surface area contributed by atoms with Gasteiger partial charge in [-0.1, -0.05) is 29.8 Å². The van der Waals surface area contributed by atoms with Crippen LogP contribution in [-0.4, -0.2) is 39.2 Å². The molecule has 0 bridgehead atoms. The van der Waals surface area contributed by atoms with Gasteiger partial charge < -0.3 is 9.64 Å². The number of benzene rings is 2. The Balaban J connectivity index is 1.62. The first-order chi connectivity index (χ1) is 13.0. The lowest BCUT2D eigenvalue weighted by Crippen LogP contribution is -2.33. The van der Waals surface area contributed by atoms with Crippen LogP contribution in [0, 0.1) is 13.8 Å². The van der Waals surface area contributed by atoms with Gasteiger partial charge in [0.1, 0.15) is 18.4 Å². The van der Waals surface area contributed by atoms with Crippen molar-refractivity contribution in [2.45, 2.75) is 26.8 Å². The predicted octanol–water partition coefficient (Wildman–Crippen LogP) is 3.48.